The number of H-pyrrole nitrogens is 2. The number of rotatable bonds is 4. The van der Waals surface area contributed by atoms with Crippen LogP contribution in [0.1, 0.15) is 12.8 Å². The average molecular weight is 414 g/mol. The van der Waals surface area contributed by atoms with E-state index >= 15 is 0 Å². The molecule has 5 rings (SSSR count). The summed E-state index contributed by atoms with van der Waals surface area (Å²) in [6.45, 7) is 1.84. The van der Waals surface area contributed by atoms with E-state index in [1.54, 1.807) is 0 Å². The van der Waals surface area contributed by atoms with Crippen LogP contribution in [-0.4, -0.2) is 60.1 Å². The number of nitrogens with zero attached hydrogens (tertiary/aromatic N) is 2. The molecule has 3 N–H and O–H groups in total. The smallest absolute Gasteiger partial charge is 0.269 e. The Labute approximate surface area is 167 Å². The lowest BCUT2D eigenvalue weighted by atomic mass is 10.1. The van der Waals surface area contributed by atoms with Gasteiger partial charge in [-0.15, -0.1) is 0 Å². The van der Waals surface area contributed by atoms with Crippen LogP contribution in [0, 0.1) is 0 Å². The number of nitrogens with one attached hydrogen (secondary N) is 2. The molecule has 0 saturated carbocycles. The summed E-state index contributed by atoms with van der Waals surface area (Å²) in [5.74, 6) is 0.528. The highest BCUT2D eigenvalue weighted by Gasteiger charge is 2.33. The Kier molecular flexibility index (Phi) is 4.27. The summed E-state index contributed by atoms with van der Waals surface area (Å²) in [5, 5.41) is 11.0. The monoisotopic (exact) mass is 414 g/mol. The number of β-amino-alcohol motifs (C(OH)–C–C–N with tert-alkyl or cyclic N) is 1. The van der Waals surface area contributed by atoms with Crippen molar-refractivity contribution in [3.8, 4) is 11.3 Å². The van der Waals surface area contributed by atoms with Gasteiger partial charge in [-0.25, -0.2) is 8.42 Å². The minimum atomic E-state index is -3.84. The van der Waals surface area contributed by atoms with Crippen molar-refractivity contribution in [3.63, 3.8) is 0 Å². The number of hydrogen-bond acceptors (Lipinski definition) is 5. The molecule has 1 unspecified atom stereocenters. The number of benzene rings is 1. The molecule has 2 aliphatic rings. The predicted molar refractivity (Wildman–Crippen MR) is 111 cm³/mol. The molecule has 8 nitrogen and oxygen atoms in total. The van der Waals surface area contributed by atoms with Crippen LogP contribution in [0.3, 0.4) is 0 Å². The number of aromatic amines is 2. The topological polar surface area (TPSA) is 109 Å². The molecular weight excluding hydrogens is 392 g/mol. The van der Waals surface area contributed by atoms with Crippen LogP contribution in [0.15, 0.2) is 46.1 Å². The fourth-order valence-electron chi connectivity index (χ4n) is 3.98. The van der Waals surface area contributed by atoms with E-state index in [-0.39, 0.29) is 4.90 Å². The molecule has 2 aromatic heterocycles. The van der Waals surface area contributed by atoms with Gasteiger partial charge >= 0.3 is 0 Å². The maximum absolute atomic E-state index is 12.9. The molecule has 0 amide bonds. The van der Waals surface area contributed by atoms with Crippen molar-refractivity contribution in [2.45, 2.75) is 23.8 Å². The van der Waals surface area contributed by atoms with E-state index in [4.69, 9.17) is 0 Å². The van der Waals surface area contributed by atoms with Crippen molar-refractivity contribution in [2.75, 3.05) is 31.1 Å². The fourth-order valence-corrected chi connectivity index (χ4v) is 5.55. The zero-order valence-corrected chi connectivity index (χ0v) is 16.6. The van der Waals surface area contributed by atoms with Gasteiger partial charge in [0, 0.05) is 42.6 Å². The van der Waals surface area contributed by atoms with E-state index in [2.05, 4.69) is 9.97 Å². The van der Waals surface area contributed by atoms with E-state index < -0.39 is 21.7 Å². The second kappa shape index (κ2) is 6.72. The van der Waals surface area contributed by atoms with Gasteiger partial charge in [0.05, 0.1) is 11.8 Å². The Morgan fingerprint density at radius 2 is 1.86 bits per heavy atom. The lowest BCUT2D eigenvalue weighted by Gasteiger charge is -2.29. The molecule has 2 saturated heterocycles. The molecule has 1 atom stereocenters. The number of aliphatic hydroxyl groups excluding tert-OH is 1. The first-order valence-corrected chi connectivity index (χ1v) is 11.2. The average Bonchev–Trinajstić information content (AvgIpc) is 3.25. The predicted octanol–water partition coefficient (Wildman–Crippen LogP) is 1.49. The third-order valence-electron chi connectivity index (χ3n) is 5.72. The first kappa shape index (κ1) is 18.4. The molecule has 0 radical (unpaired) electrons. The number of hydrogen-bond donors (Lipinski definition) is 3. The second-order valence-electron chi connectivity index (χ2n) is 7.64. The first-order chi connectivity index (χ1) is 13.9. The summed E-state index contributed by atoms with van der Waals surface area (Å²) < 4.78 is 27.2. The lowest BCUT2D eigenvalue weighted by molar-refractivity contribution is 0.198. The van der Waals surface area contributed by atoms with Crippen LogP contribution in [0.2, 0.25) is 0 Å². The van der Waals surface area contributed by atoms with Gasteiger partial charge in [0.25, 0.3) is 5.56 Å². The fraction of sp³-hybridized carbons (Fsp3) is 0.350. The molecule has 4 heterocycles. The number of fused-ring (bicyclic) bond motifs is 1. The van der Waals surface area contributed by atoms with Crippen molar-refractivity contribution in [2.24, 2.45) is 0 Å². The van der Waals surface area contributed by atoms with Gasteiger partial charge in [-0.2, -0.15) is 4.31 Å². The molecule has 152 valence electrons. The van der Waals surface area contributed by atoms with Crippen molar-refractivity contribution in [1.29, 1.82) is 0 Å². The van der Waals surface area contributed by atoms with Crippen LogP contribution in [-0.2, 0) is 10.0 Å². The minimum absolute atomic E-state index is 0.241. The summed E-state index contributed by atoms with van der Waals surface area (Å²) in [5.41, 5.74) is 1.62. The van der Waals surface area contributed by atoms with Gasteiger partial charge in [0.1, 0.15) is 10.7 Å². The highest BCUT2D eigenvalue weighted by atomic mass is 32.2. The largest absolute Gasteiger partial charge is 0.391 e. The van der Waals surface area contributed by atoms with Crippen LogP contribution in [0.5, 0.6) is 0 Å². The first-order valence-electron chi connectivity index (χ1n) is 9.72. The summed E-state index contributed by atoms with van der Waals surface area (Å²) in [7, 11) is -3.84. The molecule has 1 aromatic carbocycles. The third kappa shape index (κ3) is 3.06. The summed E-state index contributed by atoms with van der Waals surface area (Å²) in [4.78, 5) is 20.5. The Hall–Kier alpha value is -2.62. The van der Waals surface area contributed by atoms with Crippen LogP contribution in [0.25, 0.3) is 22.2 Å². The zero-order chi connectivity index (χ0) is 20.2. The second-order valence-corrected chi connectivity index (χ2v) is 9.55. The highest BCUT2D eigenvalue weighted by Crippen LogP contribution is 2.34. The Morgan fingerprint density at radius 3 is 2.52 bits per heavy atom. The number of anilines is 1. The molecule has 2 fully saturated rings. The van der Waals surface area contributed by atoms with Crippen molar-refractivity contribution in [1.82, 2.24) is 14.3 Å². The third-order valence-corrected chi connectivity index (χ3v) is 7.62. The van der Waals surface area contributed by atoms with Crippen LogP contribution >= 0.6 is 0 Å². The lowest BCUT2D eigenvalue weighted by Crippen LogP contribution is -2.43. The Balaban J connectivity index is 1.71. The normalized spacial score (nSPS) is 20.3. The summed E-state index contributed by atoms with van der Waals surface area (Å²) >= 11 is 0. The number of pyridine rings is 1. The van der Waals surface area contributed by atoms with Gasteiger partial charge in [0.15, 0.2) is 0 Å². The molecule has 9 heteroatoms. The molecule has 2 aliphatic heterocycles. The van der Waals surface area contributed by atoms with Crippen LogP contribution in [0.4, 0.5) is 5.82 Å². The standard InChI is InChI=1S/C20H22N4O4S/c25-14-6-9-23(12-14)19-15(17-10-13-4-1-2-5-16(13)21-17)11-18(20(26)22-19)29(27,28)24-7-3-8-24/h1-2,4-5,10-11,14,21,25H,3,6-9,12H2,(H,22,26). The summed E-state index contributed by atoms with van der Waals surface area (Å²) in [6, 6.07) is 11.2. The van der Waals surface area contributed by atoms with Crippen LogP contribution < -0.4 is 10.5 Å². The van der Waals surface area contributed by atoms with E-state index in [0.717, 1.165) is 23.0 Å². The Morgan fingerprint density at radius 1 is 1.07 bits per heavy atom. The molecule has 3 aromatic rings. The van der Waals surface area contributed by atoms with Crippen molar-refractivity contribution < 1.29 is 13.5 Å². The zero-order valence-electron chi connectivity index (χ0n) is 15.8. The van der Waals surface area contributed by atoms with Gasteiger partial charge < -0.3 is 20.0 Å². The van der Waals surface area contributed by atoms with Crippen molar-refractivity contribution in [3.05, 3.63) is 46.8 Å². The Bertz CT molecular complexity index is 1210. The van der Waals surface area contributed by atoms with Gasteiger partial charge in [-0.3, -0.25) is 4.79 Å². The van der Waals surface area contributed by atoms with E-state index in [1.807, 2.05) is 35.2 Å². The quantitative estimate of drug-likeness (QED) is 0.599. The highest BCUT2D eigenvalue weighted by molar-refractivity contribution is 7.89. The SMILES string of the molecule is O=c1[nH]c(N2CCC(O)C2)c(-c2cc3ccccc3[nH]2)cc1S(=O)(=O)N1CCC1. The number of sulfonamides is 1. The summed E-state index contributed by atoms with van der Waals surface area (Å²) in [6.07, 6.45) is 0.927. The van der Waals surface area contributed by atoms with Gasteiger partial charge in [-0.1, -0.05) is 18.2 Å². The molecule has 0 bridgehead atoms. The van der Waals surface area contributed by atoms with Gasteiger partial charge in [-0.05, 0) is 31.0 Å². The van der Waals surface area contributed by atoms with Crippen molar-refractivity contribution >= 4 is 26.7 Å². The maximum Gasteiger partial charge on any atom is 0.269 e. The van der Waals surface area contributed by atoms with E-state index in [0.29, 0.717) is 44.0 Å². The number of aliphatic hydroxyl groups is 1. The number of aromatic nitrogens is 2. The molecule has 0 spiro atoms. The maximum atomic E-state index is 12.9. The molecule has 29 heavy (non-hydrogen) atoms. The van der Waals surface area contributed by atoms with E-state index in [1.165, 1.54) is 10.4 Å². The van der Waals surface area contributed by atoms with Gasteiger partial charge in [0.2, 0.25) is 10.0 Å². The van der Waals surface area contributed by atoms with E-state index in [9.17, 15) is 18.3 Å². The number of para-hydroxylation sites is 1. The minimum Gasteiger partial charge on any atom is -0.391 e. The molecule has 0 aliphatic carbocycles. The molecular formula is C20H22N4O4S.